The second kappa shape index (κ2) is 4.78. The van der Waals surface area contributed by atoms with E-state index in [2.05, 4.69) is 0 Å². The molecule has 1 aliphatic rings. The van der Waals surface area contributed by atoms with E-state index in [-0.39, 0.29) is 12.4 Å². The number of anilines is 1. The quantitative estimate of drug-likeness (QED) is 0.711. The van der Waals surface area contributed by atoms with Crippen molar-refractivity contribution >= 4 is 5.69 Å². The summed E-state index contributed by atoms with van der Waals surface area (Å²) in [7, 11) is 0. The van der Waals surface area contributed by atoms with Crippen LogP contribution in [0.1, 0.15) is 5.56 Å². The second-order valence-electron chi connectivity index (χ2n) is 3.93. The smallest absolute Gasteiger partial charge is 0.151 e. The number of aliphatic hydroxyl groups is 1. The third-order valence-electron chi connectivity index (χ3n) is 2.88. The average Bonchev–Trinajstić information content (AvgIpc) is 2.31. The molecule has 0 amide bonds. The number of benzene rings is 1. The molecule has 1 aromatic carbocycles. The Balaban J connectivity index is 2.20. The number of piperazine rings is 1. The fourth-order valence-electron chi connectivity index (χ4n) is 1.90. The van der Waals surface area contributed by atoms with Crippen molar-refractivity contribution in [2.75, 3.05) is 31.1 Å². The number of aliphatic hydroxyl groups excluding tert-OH is 1. The molecule has 16 heavy (non-hydrogen) atoms. The van der Waals surface area contributed by atoms with Gasteiger partial charge in [0.05, 0.1) is 12.3 Å². The highest BCUT2D eigenvalue weighted by molar-refractivity contribution is 5.50. The van der Waals surface area contributed by atoms with Crippen molar-refractivity contribution in [2.24, 2.45) is 5.84 Å². The lowest BCUT2D eigenvalue weighted by molar-refractivity contribution is 0.264. The molecule has 0 spiro atoms. The summed E-state index contributed by atoms with van der Waals surface area (Å²) in [4.78, 5) is 1.96. The Morgan fingerprint density at radius 3 is 2.56 bits per heavy atom. The lowest BCUT2D eigenvalue weighted by atomic mass is 10.1. The number of nitrogens with zero attached hydrogens (tertiary/aromatic N) is 2. The molecule has 0 radical (unpaired) electrons. The third kappa shape index (κ3) is 2.16. The molecule has 1 saturated heterocycles. The monoisotopic (exact) mass is 225 g/mol. The van der Waals surface area contributed by atoms with Gasteiger partial charge in [0.15, 0.2) is 5.82 Å². The van der Waals surface area contributed by atoms with Crippen molar-refractivity contribution in [1.82, 2.24) is 5.01 Å². The van der Waals surface area contributed by atoms with Gasteiger partial charge >= 0.3 is 0 Å². The van der Waals surface area contributed by atoms with Gasteiger partial charge in [0.1, 0.15) is 0 Å². The van der Waals surface area contributed by atoms with Gasteiger partial charge in [-0.15, -0.1) is 0 Å². The van der Waals surface area contributed by atoms with Crippen molar-refractivity contribution in [3.63, 3.8) is 0 Å². The second-order valence-corrected chi connectivity index (χ2v) is 3.93. The molecular weight excluding hydrogens is 209 g/mol. The first-order valence-electron chi connectivity index (χ1n) is 5.35. The first-order chi connectivity index (χ1) is 7.72. The van der Waals surface area contributed by atoms with E-state index >= 15 is 0 Å². The molecular formula is C11H16FN3O. The normalized spacial score (nSPS) is 17.8. The predicted octanol–water partition coefficient (Wildman–Crippen LogP) is 0.314. The molecule has 4 nitrogen and oxygen atoms in total. The van der Waals surface area contributed by atoms with E-state index in [4.69, 9.17) is 10.9 Å². The minimum atomic E-state index is -0.324. The van der Waals surface area contributed by atoms with Crippen LogP contribution in [0, 0.1) is 5.82 Å². The summed E-state index contributed by atoms with van der Waals surface area (Å²) < 4.78 is 13.9. The number of halogens is 1. The van der Waals surface area contributed by atoms with Gasteiger partial charge in [-0.25, -0.2) is 9.40 Å². The van der Waals surface area contributed by atoms with E-state index in [1.807, 2.05) is 4.90 Å². The van der Waals surface area contributed by atoms with Crippen LogP contribution in [0.15, 0.2) is 18.2 Å². The zero-order valence-electron chi connectivity index (χ0n) is 9.06. The average molecular weight is 225 g/mol. The van der Waals surface area contributed by atoms with Crippen molar-refractivity contribution in [3.8, 4) is 0 Å². The standard InChI is InChI=1S/C11H16FN3O/c12-11-9(8-16)2-1-3-10(11)14-4-6-15(13)7-5-14/h1-3,16H,4-8,13H2. The minimum absolute atomic E-state index is 0.267. The molecule has 0 aromatic heterocycles. The number of hydrogen-bond acceptors (Lipinski definition) is 4. The van der Waals surface area contributed by atoms with Crippen molar-refractivity contribution in [2.45, 2.75) is 6.61 Å². The molecule has 0 aliphatic carbocycles. The molecule has 0 atom stereocenters. The number of hydrogen-bond donors (Lipinski definition) is 2. The highest BCUT2D eigenvalue weighted by Crippen LogP contribution is 2.23. The van der Waals surface area contributed by atoms with E-state index < -0.39 is 0 Å². The summed E-state index contributed by atoms with van der Waals surface area (Å²) in [6.07, 6.45) is 0. The molecule has 88 valence electrons. The summed E-state index contributed by atoms with van der Waals surface area (Å²) in [5.74, 6) is 5.32. The van der Waals surface area contributed by atoms with E-state index in [0.29, 0.717) is 24.3 Å². The van der Waals surface area contributed by atoms with Gasteiger partial charge in [-0.3, -0.25) is 5.84 Å². The van der Waals surface area contributed by atoms with Crippen molar-refractivity contribution in [1.29, 1.82) is 0 Å². The molecule has 5 heteroatoms. The maximum absolute atomic E-state index is 13.9. The molecule has 1 aliphatic heterocycles. The van der Waals surface area contributed by atoms with Crippen molar-refractivity contribution < 1.29 is 9.50 Å². The van der Waals surface area contributed by atoms with Gasteiger partial charge in [-0.2, -0.15) is 0 Å². The largest absolute Gasteiger partial charge is 0.392 e. The molecule has 1 aromatic rings. The number of nitrogens with two attached hydrogens (primary N) is 1. The lowest BCUT2D eigenvalue weighted by Crippen LogP contribution is -2.49. The Morgan fingerprint density at radius 1 is 1.25 bits per heavy atom. The van der Waals surface area contributed by atoms with Gasteiger partial charge in [0.25, 0.3) is 0 Å². The molecule has 1 heterocycles. The molecule has 1 fully saturated rings. The SMILES string of the molecule is NN1CCN(c2cccc(CO)c2F)CC1. The Bertz CT molecular complexity index is 364. The summed E-state index contributed by atoms with van der Waals surface area (Å²) in [6.45, 7) is 2.60. The van der Waals surface area contributed by atoms with Crippen LogP contribution in [-0.2, 0) is 6.61 Å². The molecule has 0 saturated carbocycles. The van der Waals surface area contributed by atoms with E-state index in [9.17, 15) is 4.39 Å². The molecule has 0 unspecified atom stereocenters. The van der Waals surface area contributed by atoms with E-state index in [1.165, 1.54) is 0 Å². The molecule has 2 rings (SSSR count). The van der Waals surface area contributed by atoms with Crippen LogP contribution in [0.25, 0.3) is 0 Å². The predicted molar refractivity (Wildman–Crippen MR) is 60.3 cm³/mol. The van der Waals surface area contributed by atoms with Crippen molar-refractivity contribution in [3.05, 3.63) is 29.6 Å². The maximum Gasteiger partial charge on any atom is 0.151 e. The Kier molecular flexibility index (Phi) is 3.38. The highest BCUT2D eigenvalue weighted by Gasteiger charge is 2.18. The Labute approximate surface area is 94.0 Å². The fourth-order valence-corrected chi connectivity index (χ4v) is 1.90. The van der Waals surface area contributed by atoms with Crippen LogP contribution < -0.4 is 10.7 Å². The van der Waals surface area contributed by atoms with Crippen LogP contribution in [-0.4, -0.2) is 36.3 Å². The van der Waals surface area contributed by atoms with Gasteiger partial charge in [0, 0.05) is 31.7 Å². The van der Waals surface area contributed by atoms with Crippen LogP contribution in [0.5, 0.6) is 0 Å². The summed E-state index contributed by atoms with van der Waals surface area (Å²) in [6, 6.07) is 5.09. The maximum atomic E-state index is 13.9. The third-order valence-corrected chi connectivity index (χ3v) is 2.88. The van der Waals surface area contributed by atoms with Crippen LogP contribution in [0.4, 0.5) is 10.1 Å². The van der Waals surface area contributed by atoms with E-state index in [0.717, 1.165) is 13.1 Å². The fraction of sp³-hybridized carbons (Fsp3) is 0.455. The first kappa shape index (κ1) is 11.3. The Morgan fingerprint density at radius 2 is 1.94 bits per heavy atom. The highest BCUT2D eigenvalue weighted by atomic mass is 19.1. The van der Waals surface area contributed by atoms with Crippen LogP contribution in [0.3, 0.4) is 0 Å². The van der Waals surface area contributed by atoms with Gasteiger partial charge in [-0.05, 0) is 6.07 Å². The first-order valence-corrected chi connectivity index (χ1v) is 5.35. The van der Waals surface area contributed by atoms with E-state index in [1.54, 1.807) is 23.2 Å². The molecule has 0 bridgehead atoms. The van der Waals surface area contributed by atoms with Crippen LogP contribution in [0.2, 0.25) is 0 Å². The van der Waals surface area contributed by atoms with Gasteiger partial charge in [0.2, 0.25) is 0 Å². The van der Waals surface area contributed by atoms with Crippen LogP contribution >= 0.6 is 0 Å². The van der Waals surface area contributed by atoms with Gasteiger partial charge < -0.3 is 10.0 Å². The summed E-state index contributed by atoms with van der Waals surface area (Å²) in [5, 5.41) is 10.7. The molecule has 3 N–H and O–H groups in total. The minimum Gasteiger partial charge on any atom is -0.392 e. The van der Waals surface area contributed by atoms with Gasteiger partial charge in [-0.1, -0.05) is 12.1 Å². The summed E-state index contributed by atoms with van der Waals surface area (Å²) in [5.41, 5.74) is 0.896. The zero-order chi connectivity index (χ0) is 11.5. The number of hydrazine groups is 1. The lowest BCUT2D eigenvalue weighted by Gasteiger charge is -2.34. The Hall–Kier alpha value is -1.17. The number of rotatable bonds is 2. The summed E-state index contributed by atoms with van der Waals surface area (Å²) >= 11 is 0. The topological polar surface area (TPSA) is 52.7 Å². The zero-order valence-corrected chi connectivity index (χ0v) is 9.06.